The average Bonchev–Trinajstić information content (AvgIpc) is 2.57. The monoisotopic (exact) mass is 407 g/mol. The topological polar surface area (TPSA) is 55.4 Å². The van der Waals surface area contributed by atoms with Crippen LogP contribution in [0.2, 0.25) is 0 Å². The minimum absolute atomic E-state index is 0.267. The van der Waals surface area contributed by atoms with Gasteiger partial charge in [0.15, 0.2) is 6.61 Å². The number of rotatable bonds is 7. The molecule has 0 aliphatic heterocycles. The molecule has 0 atom stereocenters. The Bertz CT molecular complexity index is 707. The summed E-state index contributed by atoms with van der Waals surface area (Å²) in [5.74, 6) is -0.108. The summed E-state index contributed by atoms with van der Waals surface area (Å²) in [6.45, 7) is 1.69. The van der Waals surface area contributed by atoms with Crippen LogP contribution in [0.5, 0.6) is 0 Å². The number of ether oxygens (including phenoxy) is 1. The molecule has 0 unspecified atom stereocenters. The van der Waals surface area contributed by atoms with E-state index in [1.54, 1.807) is 17.8 Å². The zero-order chi connectivity index (χ0) is 17.4. The smallest absolute Gasteiger partial charge is 0.307 e. The first-order valence-electron chi connectivity index (χ1n) is 7.44. The normalized spacial score (nSPS) is 10.2. The van der Waals surface area contributed by atoms with Crippen LogP contribution < -0.4 is 5.32 Å². The molecule has 0 aliphatic rings. The Balaban J connectivity index is 1.67. The Morgan fingerprint density at radius 2 is 1.92 bits per heavy atom. The Hall–Kier alpha value is -1.79. The van der Waals surface area contributed by atoms with Crippen molar-refractivity contribution in [1.29, 1.82) is 0 Å². The quantitative estimate of drug-likeness (QED) is 0.544. The Kier molecular flexibility index (Phi) is 7.34. The molecular formula is C18H18BrNO3S. The molecule has 0 heterocycles. The Labute approximate surface area is 154 Å². The third-order valence-corrected chi connectivity index (χ3v) is 5.01. The summed E-state index contributed by atoms with van der Waals surface area (Å²) in [7, 11) is 0. The van der Waals surface area contributed by atoms with Crippen molar-refractivity contribution < 1.29 is 14.3 Å². The second-order valence-corrected chi connectivity index (χ2v) is 7.11. The summed E-state index contributed by atoms with van der Waals surface area (Å²) >= 11 is 4.99. The number of halogens is 1. The van der Waals surface area contributed by atoms with E-state index in [0.29, 0.717) is 11.4 Å². The standard InChI is InChI=1S/C18H18BrNO3S/c1-13-7-8-14(11-16(13)19)20-17(21)12-23-18(22)9-10-24-15-5-3-2-4-6-15/h2-8,11H,9-10,12H2,1H3,(H,20,21). The number of aryl methyl sites for hydroxylation is 1. The third kappa shape index (κ3) is 6.37. The fourth-order valence-corrected chi connectivity index (χ4v) is 3.09. The van der Waals surface area contributed by atoms with Crippen LogP contribution in [0.15, 0.2) is 57.9 Å². The van der Waals surface area contributed by atoms with Crippen LogP contribution in [0.1, 0.15) is 12.0 Å². The fourth-order valence-electron chi connectivity index (χ4n) is 1.85. The molecule has 0 spiro atoms. The summed E-state index contributed by atoms with van der Waals surface area (Å²) in [4.78, 5) is 24.6. The summed E-state index contributed by atoms with van der Waals surface area (Å²) in [6, 6.07) is 15.3. The van der Waals surface area contributed by atoms with Gasteiger partial charge in [-0.25, -0.2) is 0 Å². The summed E-state index contributed by atoms with van der Waals surface area (Å²) in [5, 5.41) is 2.70. The maximum atomic E-state index is 11.8. The highest BCUT2D eigenvalue weighted by molar-refractivity contribution is 9.10. The lowest BCUT2D eigenvalue weighted by Gasteiger charge is -2.08. The minimum atomic E-state index is -0.376. The number of thioether (sulfide) groups is 1. The SMILES string of the molecule is Cc1ccc(NC(=O)COC(=O)CCSc2ccccc2)cc1Br. The van der Waals surface area contributed by atoms with Gasteiger partial charge in [-0.15, -0.1) is 11.8 Å². The second-order valence-electron chi connectivity index (χ2n) is 5.08. The number of benzene rings is 2. The van der Waals surface area contributed by atoms with E-state index in [1.807, 2.05) is 49.4 Å². The first-order valence-corrected chi connectivity index (χ1v) is 9.22. The van der Waals surface area contributed by atoms with E-state index in [2.05, 4.69) is 21.2 Å². The molecule has 0 aromatic heterocycles. The molecule has 1 N–H and O–H groups in total. The van der Waals surface area contributed by atoms with E-state index in [4.69, 9.17) is 4.74 Å². The van der Waals surface area contributed by atoms with E-state index in [1.165, 1.54) is 0 Å². The number of esters is 1. The molecule has 0 fully saturated rings. The molecule has 0 radical (unpaired) electrons. The van der Waals surface area contributed by atoms with Gasteiger partial charge in [0.1, 0.15) is 0 Å². The summed E-state index contributed by atoms with van der Waals surface area (Å²) < 4.78 is 5.90. The lowest BCUT2D eigenvalue weighted by molar-refractivity contribution is -0.146. The van der Waals surface area contributed by atoms with Gasteiger partial charge in [0.05, 0.1) is 6.42 Å². The highest BCUT2D eigenvalue weighted by Crippen LogP contribution is 2.20. The van der Waals surface area contributed by atoms with Gasteiger partial charge in [-0.3, -0.25) is 9.59 Å². The molecule has 6 heteroatoms. The molecule has 1 amide bonds. The van der Waals surface area contributed by atoms with Crippen LogP contribution in [-0.4, -0.2) is 24.2 Å². The molecule has 2 aromatic rings. The zero-order valence-corrected chi connectivity index (χ0v) is 15.7. The largest absolute Gasteiger partial charge is 0.456 e. The lowest BCUT2D eigenvalue weighted by atomic mass is 10.2. The molecule has 4 nitrogen and oxygen atoms in total. The van der Waals surface area contributed by atoms with Gasteiger partial charge in [0, 0.05) is 20.8 Å². The minimum Gasteiger partial charge on any atom is -0.456 e. The van der Waals surface area contributed by atoms with Gasteiger partial charge < -0.3 is 10.1 Å². The van der Waals surface area contributed by atoms with Gasteiger partial charge in [0.25, 0.3) is 5.91 Å². The van der Waals surface area contributed by atoms with E-state index < -0.39 is 0 Å². The first-order chi connectivity index (χ1) is 11.5. The number of carbonyl (C=O) groups is 2. The van der Waals surface area contributed by atoms with Crippen molar-refractivity contribution in [2.24, 2.45) is 0 Å². The van der Waals surface area contributed by atoms with Crippen molar-refractivity contribution in [2.45, 2.75) is 18.2 Å². The Morgan fingerprint density at radius 3 is 2.62 bits per heavy atom. The van der Waals surface area contributed by atoms with Gasteiger partial charge >= 0.3 is 5.97 Å². The first kappa shape index (κ1) is 18.5. The number of nitrogens with one attached hydrogen (secondary N) is 1. The molecule has 2 aromatic carbocycles. The van der Waals surface area contributed by atoms with Gasteiger partial charge in [-0.05, 0) is 36.8 Å². The van der Waals surface area contributed by atoms with E-state index in [9.17, 15) is 9.59 Å². The van der Waals surface area contributed by atoms with Crippen LogP contribution in [0, 0.1) is 6.92 Å². The average molecular weight is 408 g/mol. The molecule has 2 rings (SSSR count). The van der Waals surface area contributed by atoms with Crippen LogP contribution >= 0.6 is 27.7 Å². The zero-order valence-electron chi connectivity index (χ0n) is 13.3. The van der Waals surface area contributed by atoms with Crippen LogP contribution in [0.3, 0.4) is 0 Å². The van der Waals surface area contributed by atoms with E-state index in [0.717, 1.165) is 14.9 Å². The van der Waals surface area contributed by atoms with Crippen molar-refractivity contribution in [3.8, 4) is 0 Å². The van der Waals surface area contributed by atoms with Crippen molar-refractivity contribution in [3.05, 3.63) is 58.6 Å². The van der Waals surface area contributed by atoms with Crippen molar-refractivity contribution >= 4 is 45.3 Å². The fraction of sp³-hybridized carbons (Fsp3) is 0.222. The summed E-state index contributed by atoms with van der Waals surface area (Å²) in [6.07, 6.45) is 0.267. The van der Waals surface area contributed by atoms with Gasteiger partial charge in [0.2, 0.25) is 0 Å². The Morgan fingerprint density at radius 1 is 1.17 bits per heavy atom. The third-order valence-electron chi connectivity index (χ3n) is 3.14. The highest BCUT2D eigenvalue weighted by atomic mass is 79.9. The van der Waals surface area contributed by atoms with E-state index >= 15 is 0 Å². The molecule has 126 valence electrons. The maximum Gasteiger partial charge on any atom is 0.307 e. The van der Waals surface area contributed by atoms with Crippen molar-refractivity contribution in [1.82, 2.24) is 0 Å². The van der Waals surface area contributed by atoms with Crippen LogP contribution in [0.4, 0.5) is 5.69 Å². The molecule has 0 aliphatic carbocycles. The lowest BCUT2D eigenvalue weighted by Crippen LogP contribution is -2.21. The highest BCUT2D eigenvalue weighted by Gasteiger charge is 2.09. The van der Waals surface area contributed by atoms with E-state index in [-0.39, 0.29) is 24.9 Å². The number of anilines is 1. The van der Waals surface area contributed by atoms with Crippen molar-refractivity contribution in [3.63, 3.8) is 0 Å². The molecular weight excluding hydrogens is 390 g/mol. The molecule has 24 heavy (non-hydrogen) atoms. The number of hydrogen-bond donors (Lipinski definition) is 1. The molecule has 0 bridgehead atoms. The maximum absolute atomic E-state index is 11.8. The number of carbonyl (C=O) groups excluding carboxylic acids is 2. The van der Waals surface area contributed by atoms with Gasteiger partial charge in [-0.2, -0.15) is 0 Å². The second kappa shape index (κ2) is 9.49. The predicted molar refractivity (Wildman–Crippen MR) is 100 cm³/mol. The number of hydrogen-bond acceptors (Lipinski definition) is 4. The van der Waals surface area contributed by atoms with Crippen LogP contribution in [0.25, 0.3) is 0 Å². The molecule has 0 saturated heterocycles. The van der Waals surface area contributed by atoms with Crippen molar-refractivity contribution in [2.75, 3.05) is 17.7 Å². The van der Waals surface area contributed by atoms with Crippen LogP contribution in [-0.2, 0) is 14.3 Å². The summed E-state index contributed by atoms with van der Waals surface area (Å²) in [5.41, 5.74) is 1.74. The molecule has 0 saturated carbocycles. The predicted octanol–water partition coefficient (Wildman–Crippen LogP) is 4.42. The number of amides is 1. The van der Waals surface area contributed by atoms with Gasteiger partial charge in [-0.1, -0.05) is 40.2 Å².